The molecular formula is C7H11FO2. The van der Waals surface area contributed by atoms with Crippen LogP contribution in [-0.2, 0) is 9.53 Å². The van der Waals surface area contributed by atoms with E-state index >= 15 is 0 Å². The van der Waals surface area contributed by atoms with Gasteiger partial charge in [0.05, 0.1) is 0 Å². The molecule has 0 aromatic rings. The second kappa shape index (κ2) is 5.11. The summed E-state index contributed by atoms with van der Waals surface area (Å²) in [6, 6.07) is 0. The van der Waals surface area contributed by atoms with Crippen LogP contribution >= 0.6 is 0 Å². The maximum Gasteiger partial charge on any atom is 0.183 e. The second-order valence-corrected chi connectivity index (χ2v) is 1.90. The molecule has 2 nitrogen and oxygen atoms in total. The summed E-state index contributed by atoms with van der Waals surface area (Å²) >= 11 is 0. The third kappa shape index (κ3) is 3.35. The van der Waals surface area contributed by atoms with Gasteiger partial charge >= 0.3 is 0 Å². The molecule has 3 heteroatoms. The lowest BCUT2D eigenvalue weighted by Crippen LogP contribution is -2.07. The van der Waals surface area contributed by atoms with E-state index in [0.29, 0.717) is 5.57 Å². The molecule has 58 valence electrons. The molecule has 0 aromatic heterocycles. The van der Waals surface area contributed by atoms with Crippen molar-refractivity contribution in [1.29, 1.82) is 0 Å². The maximum atomic E-state index is 11.6. The highest BCUT2D eigenvalue weighted by molar-refractivity contribution is 5.95. The van der Waals surface area contributed by atoms with Crippen molar-refractivity contribution < 1.29 is 13.9 Å². The van der Waals surface area contributed by atoms with Gasteiger partial charge in [0.2, 0.25) is 0 Å². The van der Waals surface area contributed by atoms with E-state index in [-0.39, 0.29) is 12.4 Å². The smallest absolute Gasteiger partial charge is 0.183 e. The van der Waals surface area contributed by atoms with E-state index < -0.39 is 6.67 Å². The van der Waals surface area contributed by atoms with Crippen LogP contribution in [0.1, 0.15) is 6.92 Å². The normalized spacial score (nSPS) is 11.7. The van der Waals surface area contributed by atoms with Gasteiger partial charge in [0.1, 0.15) is 13.3 Å². The predicted octanol–water partition coefficient (Wildman–Crippen LogP) is 1.12. The van der Waals surface area contributed by atoms with Gasteiger partial charge < -0.3 is 4.74 Å². The number of alkyl halides is 1. The van der Waals surface area contributed by atoms with Crippen LogP contribution in [0.15, 0.2) is 11.6 Å². The molecule has 0 saturated carbocycles. The van der Waals surface area contributed by atoms with Crippen molar-refractivity contribution in [3.63, 3.8) is 0 Å². The van der Waals surface area contributed by atoms with E-state index in [2.05, 4.69) is 4.74 Å². The number of ether oxygens (including phenoxy) is 1. The SMILES string of the molecule is COCC(=O)/C(C)=C/CF. The maximum absolute atomic E-state index is 11.6. The molecule has 0 aliphatic rings. The first-order valence-electron chi connectivity index (χ1n) is 2.97. The molecule has 0 rings (SSSR count). The van der Waals surface area contributed by atoms with Crippen LogP contribution in [0.3, 0.4) is 0 Å². The van der Waals surface area contributed by atoms with Gasteiger partial charge in [-0.1, -0.05) is 0 Å². The molecule has 0 saturated heterocycles. The summed E-state index contributed by atoms with van der Waals surface area (Å²) in [4.78, 5) is 10.8. The summed E-state index contributed by atoms with van der Waals surface area (Å²) in [5.74, 6) is -0.167. The van der Waals surface area contributed by atoms with Crippen LogP contribution in [0, 0.1) is 0 Å². The molecule has 0 atom stereocenters. The average Bonchev–Trinajstić information content (AvgIpc) is 1.89. The minimum atomic E-state index is -0.596. The molecule has 0 aliphatic heterocycles. The zero-order valence-corrected chi connectivity index (χ0v) is 6.19. The Kier molecular flexibility index (Phi) is 4.76. The van der Waals surface area contributed by atoms with Crippen LogP contribution in [0.2, 0.25) is 0 Å². The Morgan fingerprint density at radius 2 is 2.30 bits per heavy atom. The molecular weight excluding hydrogens is 135 g/mol. The van der Waals surface area contributed by atoms with E-state index in [1.165, 1.54) is 13.2 Å². The standard InChI is InChI=1S/C7H11FO2/c1-6(3-4-8)7(9)5-10-2/h3H,4-5H2,1-2H3/b6-3+. The van der Waals surface area contributed by atoms with Gasteiger partial charge in [-0.15, -0.1) is 0 Å². The van der Waals surface area contributed by atoms with Crippen molar-refractivity contribution in [3.8, 4) is 0 Å². The number of rotatable bonds is 4. The Bertz CT molecular complexity index is 141. The van der Waals surface area contributed by atoms with Crippen LogP contribution < -0.4 is 0 Å². The van der Waals surface area contributed by atoms with Gasteiger partial charge in [-0.25, -0.2) is 4.39 Å². The molecule has 0 bridgehead atoms. The molecule has 0 N–H and O–H groups in total. The highest BCUT2D eigenvalue weighted by atomic mass is 19.1. The number of carbonyl (C=O) groups is 1. The molecule has 0 unspecified atom stereocenters. The number of Topliss-reactive ketones (excluding diaryl/α,β-unsaturated/α-hetero) is 1. The van der Waals surface area contributed by atoms with E-state index in [4.69, 9.17) is 0 Å². The van der Waals surface area contributed by atoms with Crippen molar-refractivity contribution in [2.24, 2.45) is 0 Å². The third-order valence-corrected chi connectivity index (χ3v) is 1.10. The summed E-state index contributed by atoms with van der Waals surface area (Å²) in [5, 5.41) is 0. The Labute approximate surface area is 59.7 Å². The van der Waals surface area contributed by atoms with Crippen LogP contribution in [-0.4, -0.2) is 26.2 Å². The quantitative estimate of drug-likeness (QED) is 0.555. The molecule has 0 amide bonds. The van der Waals surface area contributed by atoms with Gasteiger partial charge in [-0.3, -0.25) is 4.79 Å². The minimum absolute atomic E-state index is 0.0301. The number of hydrogen-bond donors (Lipinski definition) is 0. The number of carbonyl (C=O) groups excluding carboxylic acids is 1. The molecule has 0 heterocycles. The van der Waals surface area contributed by atoms with Gasteiger partial charge in [0, 0.05) is 7.11 Å². The van der Waals surface area contributed by atoms with E-state index in [0.717, 1.165) is 0 Å². The summed E-state index contributed by atoms with van der Waals surface area (Å²) in [6.07, 6.45) is 1.24. The summed E-state index contributed by atoms with van der Waals surface area (Å²) in [5.41, 5.74) is 0.421. The number of halogens is 1. The zero-order valence-electron chi connectivity index (χ0n) is 6.19. The third-order valence-electron chi connectivity index (χ3n) is 1.10. The lowest BCUT2D eigenvalue weighted by Gasteiger charge is -1.96. The number of hydrogen-bond acceptors (Lipinski definition) is 2. The first kappa shape index (κ1) is 9.30. The summed E-state index contributed by atoms with van der Waals surface area (Å²) < 4.78 is 16.1. The number of methoxy groups -OCH3 is 1. The molecule has 0 spiro atoms. The average molecular weight is 146 g/mol. The fourth-order valence-corrected chi connectivity index (χ4v) is 0.474. The Hall–Kier alpha value is -0.700. The van der Waals surface area contributed by atoms with Crippen molar-refractivity contribution in [2.45, 2.75) is 6.92 Å². The van der Waals surface area contributed by atoms with Crippen molar-refractivity contribution in [3.05, 3.63) is 11.6 Å². The number of allylic oxidation sites excluding steroid dienone is 1. The molecule has 0 aromatic carbocycles. The van der Waals surface area contributed by atoms with Gasteiger partial charge in [0.25, 0.3) is 0 Å². The Morgan fingerprint density at radius 1 is 1.70 bits per heavy atom. The van der Waals surface area contributed by atoms with E-state index in [1.807, 2.05) is 0 Å². The lowest BCUT2D eigenvalue weighted by atomic mass is 10.2. The van der Waals surface area contributed by atoms with Crippen LogP contribution in [0.25, 0.3) is 0 Å². The fourth-order valence-electron chi connectivity index (χ4n) is 0.474. The topological polar surface area (TPSA) is 26.3 Å². The summed E-state index contributed by atoms with van der Waals surface area (Å²) in [7, 11) is 1.43. The van der Waals surface area contributed by atoms with Gasteiger partial charge in [-0.2, -0.15) is 0 Å². The first-order chi connectivity index (χ1) is 4.72. The zero-order chi connectivity index (χ0) is 7.98. The predicted molar refractivity (Wildman–Crippen MR) is 36.6 cm³/mol. The van der Waals surface area contributed by atoms with Crippen molar-refractivity contribution in [2.75, 3.05) is 20.4 Å². The summed E-state index contributed by atoms with van der Waals surface area (Å²) in [6.45, 7) is 1.00. The van der Waals surface area contributed by atoms with E-state index in [1.54, 1.807) is 6.92 Å². The molecule has 10 heavy (non-hydrogen) atoms. The molecule has 0 fully saturated rings. The largest absolute Gasteiger partial charge is 0.377 e. The van der Waals surface area contributed by atoms with Crippen molar-refractivity contribution >= 4 is 5.78 Å². The lowest BCUT2D eigenvalue weighted by molar-refractivity contribution is -0.119. The highest BCUT2D eigenvalue weighted by Crippen LogP contribution is 1.94. The highest BCUT2D eigenvalue weighted by Gasteiger charge is 2.01. The first-order valence-corrected chi connectivity index (χ1v) is 2.97. The van der Waals surface area contributed by atoms with E-state index in [9.17, 15) is 9.18 Å². The monoisotopic (exact) mass is 146 g/mol. The fraction of sp³-hybridized carbons (Fsp3) is 0.571. The molecule has 0 radical (unpaired) electrons. The Balaban J connectivity index is 3.82. The second-order valence-electron chi connectivity index (χ2n) is 1.90. The van der Waals surface area contributed by atoms with Gasteiger partial charge in [0.15, 0.2) is 5.78 Å². The van der Waals surface area contributed by atoms with Crippen LogP contribution in [0.5, 0.6) is 0 Å². The van der Waals surface area contributed by atoms with Crippen molar-refractivity contribution in [1.82, 2.24) is 0 Å². The Morgan fingerprint density at radius 3 is 2.70 bits per heavy atom. The molecule has 0 aliphatic carbocycles. The minimum Gasteiger partial charge on any atom is -0.377 e. The number of ketones is 1. The van der Waals surface area contributed by atoms with Crippen LogP contribution in [0.4, 0.5) is 4.39 Å². The van der Waals surface area contributed by atoms with Gasteiger partial charge in [-0.05, 0) is 18.6 Å².